The molecular weight excluding hydrogens is 394 g/mol. The van der Waals surface area contributed by atoms with Gasteiger partial charge in [0.1, 0.15) is 11.5 Å². The quantitative estimate of drug-likeness (QED) is 0.475. The summed E-state index contributed by atoms with van der Waals surface area (Å²) in [7, 11) is 1.59. The smallest absolute Gasteiger partial charge is 0.318 e. The van der Waals surface area contributed by atoms with Gasteiger partial charge in [-0.15, -0.1) is 0 Å². The number of carbonyl (C=O) groups excluding carboxylic acids is 1. The van der Waals surface area contributed by atoms with E-state index in [0.29, 0.717) is 29.1 Å². The van der Waals surface area contributed by atoms with Gasteiger partial charge < -0.3 is 24.4 Å². The molecule has 0 radical (unpaired) electrons. The van der Waals surface area contributed by atoms with E-state index in [-0.39, 0.29) is 24.7 Å². The minimum Gasteiger partial charge on any atom is -0.497 e. The first-order chi connectivity index (χ1) is 15.1. The minimum absolute atomic E-state index is 0.129. The Labute approximate surface area is 179 Å². The Hall–Kier alpha value is -4.00. The van der Waals surface area contributed by atoms with Gasteiger partial charge in [-0.25, -0.2) is 4.79 Å². The number of aromatic amines is 1. The van der Waals surface area contributed by atoms with Gasteiger partial charge in [0.05, 0.1) is 26.5 Å². The molecule has 0 spiro atoms. The molecule has 0 aliphatic heterocycles. The number of carbonyl (C=O) groups is 1. The summed E-state index contributed by atoms with van der Waals surface area (Å²) in [6.07, 6.45) is 1.56. The maximum Gasteiger partial charge on any atom is 0.318 e. The van der Waals surface area contributed by atoms with Crippen LogP contribution in [0.15, 0.2) is 82.2 Å². The van der Waals surface area contributed by atoms with E-state index >= 15 is 0 Å². The molecule has 2 heterocycles. The zero-order chi connectivity index (χ0) is 21.6. The number of rotatable bonds is 7. The summed E-state index contributed by atoms with van der Waals surface area (Å²) in [6.45, 7) is 0.757. The van der Waals surface area contributed by atoms with Crippen molar-refractivity contribution in [1.29, 1.82) is 0 Å². The van der Waals surface area contributed by atoms with Gasteiger partial charge in [-0.1, -0.05) is 30.3 Å². The standard InChI is InChI=1S/C24H23N3O4/c1-30-20-9-10-22-18(13-20)12-19(23(28)26-22)15-27(16-21-8-5-11-31-21)24(29)25-14-17-6-3-2-4-7-17/h2-13H,14-16H2,1H3,(H,25,29)(H,26,28). The third-order valence-corrected chi connectivity index (χ3v) is 4.99. The van der Waals surface area contributed by atoms with Crippen molar-refractivity contribution >= 4 is 16.9 Å². The number of nitrogens with one attached hydrogen (secondary N) is 2. The van der Waals surface area contributed by atoms with Crippen LogP contribution < -0.4 is 15.6 Å². The molecule has 0 saturated carbocycles. The van der Waals surface area contributed by atoms with Gasteiger partial charge in [-0.2, -0.15) is 0 Å². The molecule has 7 nitrogen and oxygen atoms in total. The Bertz CT molecular complexity index is 1220. The van der Waals surface area contributed by atoms with Crippen molar-refractivity contribution in [3.05, 3.63) is 100 Å². The van der Waals surface area contributed by atoms with Gasteiger partial charge in [0.25, 0.3) is 5.56 Å². The topological polar surface area (TPSA) is 87.6 Å². The zero-order valence-corrected chi connectivity index (χ0v) is 17.1. The Morgan fingerprint density at radius 3 is 2.65 bits per heavy atom. The summed E-state index contributed by atoms with van der Waals surface area (Å²) in [5, 5.41) is 3.75. The van der Waals surface area contributed by atoms with E-state index in [1.807, 2.05) is 36.4 Å². The maximum absolute atomic E-state index is 13.0. The van der Waals surface area contributed by atoms with Crippen LogP contribution in [0, 0.1) is 0 Å². The molecule has 158 valence electrons. The molecule has 7 heteroatoms. The van der Waals surface area contributed by atoms with Crippen molar-refractivity contribution < 1.29 is 13.9 Å². The number of ether oxygens (including phenoxy) is 1. The number of H-pyrrole nitrogens is 1. The summed E-state index contributed by atoms with van der Waals surface area (Å²) in [5.41, 5.74) is 1.94. The van der Waals surface area contributed by atoms with Gasteiger partial charge in [0, 0.05) is 23.0 Å². The third kappa shape index (κ3) is 4.95. The van der Waals surface area contributed by atoms with E-state index in [1.54, 1.807) is 48.6 Å². The summed E-state index contributed by atoms with van der Waals surface area (Å²) < 4.78 is 10.7. The first kappa shape index (κ1) is 20.3. The molecule has 0 unspecified atom stereocenters. The number of pyridine rings is 1. The van der Waals surface area contributed by atoms with Crippen LogP contribution in [-0.4, -0.2) is 23.0 Å². The first-order valence-corrected chi connectivity index (χ1v) is 9.91. The van der Waals surface area contributed by atoms with E-state index in [4.69, 9.17) is 9.15 Å². The van der Waals surface area contributed by atoms with E-state index < -0.39 is 0 Å². The van der Waals surface area contributed by atoms with Crippen LogP contribution in [0.3, 0.4) is 0 Å². The second-order valence-corrected chi connectivity index (χ2v) is 7.16. The monoisotopic (exact) mass is 417 g/mol. The second kappa shape index (κ2) is 9.21. The lowest BCUT2D eigenvalue weighted by atomic mass is 10.1. The molecule has 0 fully saturated rings. The largest absolute Gasteiger partial charge is 0.497 e. The van der Waals surface area contributed by atoms with Gasteiger partial charge >= 0.3 is 6.03 Å². The number of aromatic nitrogens is 1. The maximum atomic E-state index is 13.0. The van der Waals surface area contributed by atoms with Crippen molar-refractivity contribution in [3.63, 3.8) is 0 Å². The van der Waals surface area contributed by atoms with E-state index in [9.17, 15) is 9.59 Å². The van der Waals surface area contributed by atoms with E-state index in [2.05, 4.69) is 10.3 Å². The highest BCUT2D eigenvalue weighted by atomic mass is 16.5. The van der Waals surface area contributed by atoms with Gasteiger partial charge in [-0.05, 0) is 42.0 Å². The highest BCUT2D eigenvalue weighted by Gasteiger charge is 2.18. The normalized spacial score (nSPS) is 10.7. The van der Waals surface area contributed by atoms with E-state index in [0.717, 1.165) is 10.9 Å². The summed E-state index contributed by atoms with van der Waals surface area (Å²) in [6, 6.07) is 20.2. The molecule has 2 amide bonds. The number of furan rings is 1. The summed E-state index contributed by atoms with van der Waals surface area (Å²) in [5.74, 6) is 1.33. The van der Waals surface area contributed by atoms with Gasteiger partial charge in [-0.3, -0.25) is 4.79 Å². The summed E-state index contributed by atoms with van der Waals surface area (Å²) in [4.78, 5) is 30.1. The highest BCUT2D eigenvalue weighted by Crippen LogP contribution is 2.19. The van der Waals surface area contributed by atoms with Crippen molar-refractivity contribution in [2.75, 3.05) is 7.11 Å². The molecule has 4 rings (SSSR count). The van der Waals surface area contributed by atoms with Crippen molar-refractivity contribution in [2.24, 2.45) is 0 Å². The third-order valence-electron chi connectivity index (χ3n) is 4.99. The Kier molecular flexibility index (Phi) is 6.03. The number of benzene rings is 2. The number of amides is 2. The number of fused-ring (bicyclic) bond motifs is 1. The van der Waals surface area contributed by atoms with Crippen LogP contribution in [0.5, 0.6) is 5.75 Å². The Balaban J connectivity index is 1.58. The van der Waals surface area contributed by atoms with Crippen LogP contribution in [0.2, 0.25) is 0 Å². The fraction of sp³-hybridized carbons (Fsp3) is 0.167. The molecule has 0 atom stereocenters. The average molecular weight is 417 g/mol. The Morgan fingerprint density at radius 2 is 1.90 bits per heavy atom. The molecule has 4 aromatic rings. The number of urea groups is 1. The minimum atomic E-state index is -0.287. The summed E-state index contributed by atoms with van der Waals surface area (Å²) >= 11 is 0. The lowest BCUT2D eigenvalue weighted by Crippen LogP contribution is -2.39. The van der Waals surface area contributed by atoms with Crippen LogP contribution >= 0.6 is 0 Å². The molecule has 2 aromatic carbocycles. The van der Waals surface area contributed by atoms with Crippen LogP contribution in [0.25, 0.3) is 10.9 Å². The molecule has 0 aliphatic rings. The lowest BCUT2D eigenvalue weighted by Gasteiger charge is -2.22. The molecule has 2 N–H and O–H groups in total. The highest BCUT2D eigenvalue weighted by molar-refractivity contribution is 5.81. The molecule has 0 bridgehead atoms. The molecular formula is C24H23N3O4. The molecule has 31 heavy (non-hydrogen) atoms. The SMILES string of the molecule is COc1ccc2[nH]c(=O)c(CN(Cc3ccco3)C(=O)NCc3ccccc3)cc2c1. The number of hydrogen-bond donors (Lipinski definition) is 2. The van der Waals surface area contributed by atoms with Crippen LogP contribution in [0.4, 0.5) is 4.79 Å². The van der Waals surface area contributed by atoms with Crippen molar-refractivity contribution in [2.45, 2.75) is 19.6 Å². The first-order valence-electron chi connectivity index (χ1n) is 9.91. The lowest BCUT2D eigenvalue weighted by molar-refractivity contribution is 0.186. The predicted molar refractivity (Wildman–Crippen MR) is 118 cm³/mol. The van der Waals surface area contributed by atoms with Crippen LogP contribution in [-0.2, 0) is 19.6 Å². The fourth-order valence-electron chi connectivity index (χ4n) is 3.36. The van der Waals surface area contributed by atoms with Gasteiger partial charge in [0.15, 0.2) is 0 Å². The van der Waals surface area contributed by atoms with Crippen molar-refractivity contribution in [3.8, 4) is 5.75 Å². The van der Waals surface area contributed by atoms with Crippen LogP contribution in [0.1, 0.15) is 16.9 Å². The zero-order valence-electron chi connectivity index (χ0n) is 17.1. The Morgan fingerprint density at radius 1 is 1.06 bits per heavy atom. The fourth-order valence-corrected chi connectivity index (χ4v) is 3.36. The predicted octanol–water partition coefficient (Wildman–Crippen LogP) is 4.04. The number of nitrogens with zero attached hydrogens (tertiary/aromatic N) is 1. The average Bonchev–Trinajstić information content (AvgIpc) is 3.31. The number of methoxy groups -OCH3 is 1. The molecule has 0 saturated heterocycles. The molecule has 0 aliphatic carbocycles. The van der Waals surface area contributed by atoms with E-state index in [1.165, 1.54) is 0 Å². The van der Waals surface area contributed by atoms with Crippen molar-refractivity contribution in [1.82, 2.24) is 15.2 Å². The molecule has 2 aromatic heterocycles. The number of hydrogen-bond acceptors (Lipinski definition) is 4. The second-order valence-electron chi connectivity index (χ2n) is 7.16. The van der Waals surface area contributed by atoms with Gasteiger partial charge in [0.2, 0.25) is 0 Å².